The molecule has 0 spiro atoms. The molecule has 1 fully saturated rings. The molecule has 2 heterocycles. The van der Waals surface area contributed by atoms with Crippen molar-refractivity contribution in [2.24, 2.45) is 0 Å². The summed E-state index contributed by atoms with van der Waals surface area (Å²) in [5.74, 6) is 0. The van der Waals surface area contributed by atoms with Crippen LogP contribution in [0.1, 0.15) is 17.5 Å². The van der Waals surface area contributed by atoms with Gasteiger partial charge in [-0.2, -0.15) is 10.2 Å². The van der Waals surface area contributed by atoms with Crippen LogP contribution in [-0.2, 0) is 12.1 Å². The highest BCUT2D eigenvalue weighted by molar-refractivity contribution is 5.52. The van der Waals surface area contributed by atoms with Gasteiger partial charge in [0.1, 0.15) is 5.60 Å². The number of hydrogen-bond acceptors (Lipinski definition) is 5. The number of hydrogen-bond donors (Lipinski definition) is 2. The van der Waals surface area contributed by atoms with E-state index in [1.807, 2.05) is 65.6 Å². The van der Waals surface area contributed by atoms with Crippen LogP contribution in [0.2, 0.25) is 0 Å². The minimum absolute atomic E-state index is 0.355. The molecule has 0 saturated carbocycles. The predicted octanol–water partition coefficient (Wildman–Crippen LogP) is 2.51. The number of nitrogens with zero attached hydrogens (tertiary/aromatic N) is 3. The normalized spacial score (nSPS) is 25.4. The smallest absolute Gasteiger partial charge is 0.194 e. The van der Waals surface area contributed by atoms with Crippen LogP contribution in [-0.4, -0.2) is 32.6 Å². The second kappa shape index (κ2) is 6.52. The molecule has 2 aromatic carbocycles. The third-order valence-electron chi connectivity index (χ3n) is 5.18. The largest absolute Gasteiger partial charge is 0.384 e. The number of aromatic nitrogens is 2. The highest BCUT2D eigenvalue weighted by atomic mass is 16.4. The van der Waals surface area contributed by atoms with Crippen molar-refractivity contribution in [3.63, 3.8) is 0 Å². The summed E-state index contributed by atoms with van der Waals surface area (Å²) in [6.07, 6.45) is 4.00. The van der Waals surface area contributed by atoms with Crippen molar-refractivity contribution in [1.29, 1.82) is 0 Å². The van der Waals surface area contributed by atoms with Gasteiger partial charge >= 0.3 is 0 Å². The molecule has 1 aliphatic heterocycles. The Labute approximate surface area is 152 Å². The predicted molar refractivity (Wildman–Crippen MR) is 99.4 cm³/mol. The van der Waals surface area contributed by atoms with E-state index < -0.39 is 11.3 Å². The van der Waals surface area contributed by atoms with Crippen LogP contribution < -0.4 is 4.90 Å². The molecule has 2 unspecified atom stereocenters. The molecule has 0 amide bonds. The maximum atomic E-state index is 11.9. The van der Waals surface area contributed by atoms with Crippen LogP contribution in [0.5, 0.6) is 0 Å². The van der Waals surface area contributed by atoms with Gasteiger partial charge in [0.2, 0.25) is 0 Å². The molecular weight excluding hydrogens is 326 g/mol. The third kappa shape index (κ3) is 2.66. The van der Waals surface area contributed by atoms with E-state index in [0.717, 1.165) is 11.3 Å². The van der Waals surface area contributed by atoms with Crippen LogP contribution >= 0.6 is 0 Å². The van der Waals surface area contributed by atoms with E-state index >= 15 is 0 Å². The Hall–Kier alpha value is -2.76. The van der Waals surface area contributed by atoms with E-state index in [1.165, 1.54) is 0 Å². The fraction of sp³-hybridized carbons (Fsp3) is 0.238. The van der Waals surface area contributed by atoms with E-state index in [2.05, 4.69) is 10.2 Å². The lowest BCUT2D eigenvalue weighted by molar-refractivity contribution is -0.134. The van der Waals surface area contributed by atoms with E-state index in [9.17, 15) is 10.2 Å². The first-order valence-corrected chi connectivity index (χ1v) is 8.72. The number of rotatable bonds is 4. The Morgan fingerprint density at radius 3 is 2.23 bits per heavy atom. The molecule has 0 bridgehead atoms. The van der Waals surface area contributed by atoms with Gasteiger partial charge in [0, 0.05) is 18.5 Å². The summed E-state index contributed by atoms with van der Waals surface area (Å²) in [5.41, 5.74) is -0.520. The average molecular weight is 347 g/mol. The van der Waals surface area contributed by atoms with Crippen LogP contribution in [0.25, 0.3) is 0 Å². The zero-order valence-electron chi connectivity index (χ0n) is 14.4. The molecule has 2 atom stereocenters. The van der Waals surface area contributed by atoms with E-state index in [1.54, 1.807) is 18.5 Å². The summed E-state index contributed by atoms with van der Waals surface area (Å²) in [4.78, 5) is 1.82. The fourth-order valence-corrected chi connectivity index (χ4v) is 3.88. The second-order valence-electron chi connectivity index (χ2n) is 6.73. The topological polar surface area (TPSA) is 69.5 Å². The van der Waals surface area contributed by atoms with Gasteiger partial charge < -0.3 is 15.1 Å². The van der Waals surface area contributed by atoms with Crippen molar-refractivity contribution in [1.82, 2.24) is 10.2 Å². The van der Waals surface area contributed by atoms with E-state index in [0.29, 0.717) is 24.9 Å². The number of aliphatic hydroxyl groups is 2. The molecule has 1 aliphatic rings. The lowest BCUT2D eigenvalue weighted by atomic mass is 9.80. The molecular formula is C21H21N3O2. The molecule has 2 N–H and O–H groups in total. The Balaban J connectivity index is 1.81. The molecule has 0 aliphatic carbocycles. The van der Waals surface area contributed by atoms with Crippen molar-refractivity contribution in [3.8, 4) is 0 Å². The highest BCUT2D eigenvalue weighted by Gasteiger charge is 2.59. The monoisotopic (exact) mass is 347 g/mol. The van der Waals surface area contributed by atoms with Crippen molar-refractivity contribution >= 4 is 5.69 Å². The van der Waals surface area contributed by atoms with Gasteiger partial charge in [-0.15, -0.1) is 0 Å². The quantitative estimate of drug-likeness (QED) is 0.759. The Kier molecular flexibility index (Phi) is 4.18. The molecule has 26 heavy (non-hydrogen) atoms. The first kappa shape index (κ1) is 16.7. The zero-order valence-corrected chi connectivity index (χ0v) is 14.4. The SMILES string of the molecule is OC1(Cc2ccccc2)CCN(c2ccnnc2)C1(O)c1ccccc1. The van der Waals surface area contributed by atoms with Crippen LogP contribution in [0.15, 0.2) is 79.1 Å². The Morgan fingerprint density at radius 2 is 1.58 bits per heavy atom. The maximum absolute atomic E-state index is 11.9. The summed E-state index contributed by atoms with van der Waals surface area (Å²) in [6, 6.07) is 20.9. The Morgan fingerprint density at radius 1 is 0.885 bits per heavy atom. The lowest BCUT2D eigenvalue weighted by Crippen LogP contribution is -2.56. The highest BCUT2D eigenvalue weighted by Crippen LogP contribution is 2.47. The maximum Gasteiger partial charge on any atom is 0.194 e. The van der Waals surface area contributed by atoms with Crippen molar-refractivity contribution < 1.29 is 10.2 Å². The van der Waals surface area contributed by atoms with E-state index in [4.69, 9.17) is 0 Å². The van der Waals surface area contributed by atoms with Crippen LogP contribution in [0.3, 0.4) is 0 Å². The molecule has 3 aromatic rings. The van der Waals surface area contributed by atoms with Gasteiger partial charge in [0.05, 0.1) is 18.1 Å². The lowest BCUT2D eigenvalue weighted by Gasteiger charge is -2.44. The van der Waals surface area contributed by atoms with Gasteiger partial charge in [-0.05, 0) is 18.1 Å². The summed E-state index contributed by atoms with van der Waals surface area (Å²) in [6.45, 7) is 0.514. The minimum atomic E-state index is -1.56. The molecule has 5 nitrogen and oxygen atoms in total. The summed E-state index contributed by atoms with van der Waals surface area (Å²) in [5, 5.41) is 31.3. The Bertz CT molecular complexity index is 860. The van der Waals surface area contributed by atoms with Gasteiger partial charge in [-0.3, -0.25) is 0 Å². The first-order chi connectivity index (χ1) is 12.6. The average Bonchev–Trinajstić information content (AvgIpc) is 2.96. The third-order valence-corrected chi connectivity index (χ3v) is 5.18. The minimum Gasteiger partial charge on any atom is -0.384 e. The van der Waals surface area contributed by atoms with Crippen LogP contribution in [0.4, 0.5) is 5.69 Å². The summed E-state index contributed by atoms with van der Waals surface area (Å²) in [7, 11) is 0. The van der Waals surface area contributed by atoms with Crippen molar-refractivity contribution in [3.05, 3.63) is 90.3 Å². The molecule has 4 rings (SSSR count). The van der Waals surface area contributed by atoms with Gasteiger partial charge in [0.15, 0.2) is 5.72 Å². The summed E-state index contributed by atoms with van der Waals surface area (Å²) >= 11 is 0. The standard InChI is InChI=1S/C21H21N3O2/c25-20(15-17-7-3-1-4-8-17)12-14-24(19-11-13-22-23-16-19)21(20,26)18-9-5-2-6-10-18/h1-11,13,16,25-26H,12,14-15H2. The van der Waals surface area contributed by atoms with Gasteiger partial charge in [-0.25, -0.2) is 0 Å². The molecule has 5 heteroatoms. The fourth-order valence-electron chi connectivity index (χ4n) is 3.88. The number of anilines is 1. The molecule has 132 valence electrons. The van der Waals surface area contributed by atoms with Crippen LogP contribution in [0, 0.1) is 0 Å². The summed E-state index contributed by atoms with van der Waals surface area (Å²) < 4.78 is 0. The molecule has 1 aromatic heterocycles. The van der Waals surface area contributed by atoms with Gasteiger partial charge in [-0.1, -0.05) is 60.7 Å². The second-order valence-corrected chi connectivity index (χ2v) is 6.73. The molecule has 0 radical (unpaired) electrons. The van der Waals surface area contributed by atoms with Crippen molar-refractivity contribution in [2.45, 2.75) is 24.2 Å². The van der Waals surface area contributed by atoms with Gasteiger partial charge in [0.25, 0.3) is 0 Å². The zero-order chi connectivity index (χ0) is 18.0. The van der Waals surface area contributed by atoms with E-state index in [-0.39, 0.29) is 0 Å². The molecule has 1 saturated heterocycles. The first-order valence-electron chi connectivity index (χ1n) is 8.72. The number of benzene rings is 2. The van der Waals surface area contributed by atoms with Crippen molar-refractivity contribution in [2.75, 3.05) is 11.4 Å².